The lowest BCUT2D eigenvalue weighted by Crippen LogP contribution is -2.16. The van der Waals surface area contributed by atoms with Crippen molar-refractivity contribution in [2.45, 2.75) is 19.8 Å². The normalized spacial score (nSPS) is 10.8. The number of amides is 1. The molecule has 0 bridgehead atoms. The van der Waals surface area contributed by atoms with E-state index in [0.717, 1.165) is 22.7 Å². The monoisotopic (exact) mass is 326 g/mol. The Kier molecular flexibility index (Phi) is 5.27. The first-order valence-corrected chi connectivity index (χ1v) is 7.72. The second-order valence-electron chi connectivity index (χ2n) is 4.67. The van der Waals surface area contributed by atoms with Crippen LogP contribution < -0.4 is 5.32 Å². The van der Waals surface area contributed by atoms with Crippen LogP contribution in [0.25, 0.3) is 0 Å². The van der Waals surface area contributed by atoms with E-state index in [0.29, 0.717) is 22.8 Å². The summed E-state index contributed by atoms with van der Waals surface area (Å²) in [6.07, 6.45) is 1.03. The number of hydrogen-bond acceptors (Lipinski definition) is 5. The molecule has 6 nitrogen and oxygen atoms in total. The quantitative estimate of drug-likeness (QED) is 0.799. The van der Waals surface area contributed by atoms with Crippen LogP contribution in [0.1, 0.15) is 16.3 Å². The van der Waals surface area contributed by atoms with Crippen LogP contribution in [0.3, 0.4) is 0 Å². The number of rotatable bonds is 6. The first-order chi connectivity index (χ1) is 9.99. The number of carbonyl (C=O) groups is 1. The fourth-order valence-electron chi connectivity index (χ4n) is 1.91. The summed E-state index contributed by atoms with van der Waals surface area (Å²) >= 11 is 6.51. The Morgan fingerprint density at radius 2 is 2.38 bits per heavy atom. The number of ether oxygens (including phenoxy) is 1. The lowest BCUT2D eigenvalue weighted by atomic mass is 10.3. The van der Waals surface area contributed by atoms with E-state index in [-0.39, 0.29) is 5.91 Å². The van der Waals surface area contributed by atoms with E-state index in [1.165, 1.54) is 11.3 Å². The molecule has 0 saturated carbocycles. The molecule has 0 unspecified atom stereocenters. The molecule has 0 fully saturated rings. The van der Waals surface area contributed by atoms with Gasteiger partial charge in [0.25, 0.3) is 0 Å². The van der Waals surface area contributed by atoms with Crippen LogP contribution in [0.15, 0.2) is 6.07 Å². The molecule has 2 aromatic rings. The van der Waals surface area contributed by atoms with Gasteiger partial charge in [0, 0.05) is 37.2 Å². The smallest absolute Gasteiger partial charge is 0.230 e. The highest BCUT2D eigenvalue weighted by molar-refractivity contribution is 7.73. The van der Waals surface area contributed by atoms with Crippen LogP contribution in [0.5, 0.6) is 0 Å². The fraction of sp³-hybridized carbons (Fsp3) is 0.462. The van der Waals surface area contributed by atoms with Gasteiger partial charge in [-0.25, -0.2) is 0 Å². The van der Waals surface area contributed by atoms with Gasteiger partial charge in [-0.3, -0.25) is 9.48 Å². The number of carbonyl (C=O) groups excluding carboxylic acids is 1. The van der Waals surface area contributed by atoms with Crippen LogP contribution in [-0.2, 0) is 29.4 Å². The Labute approximate surface area is 132 Å². The van der Waals surface area contributed by atoms with Crippen molar-refractivity contribution < 1.29 is 9.53 Å². The zero-order valence-corrected chi connectivity index (χ0v) is 13.9. The topological polar surface area (TPSA) is 71.9 Å². The van der Waals surface area contributed by atoms with Crippen molar-refractivity contribution in [3.05, 3.63) is 26.3 Å². The summed E-state index contributed by atoms with van der Waals surface area (Å²) in [7, 11) is 3.46. The number of anilines is 1. The third-order valence-corrected chi connectivity index (χ3v) is 4.34. The Hall–Kier alpha value is -1.51. The van der Waals surface area contributed by atoms with Crippen molar-refractivity contribution in [1.29, 1.82) is 0 Å². The molecular formula is C13H18N4O2S2. The average Bonchev–Trinajstić information content (AvgIpc) is 2.90. The van der Waals surface area contributed by atoms with E-state index in [1.54, 1.807) is 18.8 Å². The average molecular weight is 326 g/mol. The van der Waals surface area contributed by atoms with Gasteiger partial charge in [-0.05, 0) is 19.1 Å². The summed E-state index contributed by atoms with van der Waals surface area (Å²) in [5, 5.41) is 7.20. The van der Waals surface area contributed by atoms with Gasteiger partial charge in [0.05, 0.1) is 18.7 Å². The summed E-state index contributed by atoms with van der Waals surface area (Å²) in [5.41, 5.74) is 1.84. The van der Waals surface area contributed by atoms with Gasteiger partial charge in [-0.1, -0.05) is 0 Å². The van der Waals surface area contributed by atoms with Gasteiger partial charge in [0.15, 0.2) is 3.95 Å². The molecule has 0 saturated heterocycles. The highest BCUT2D eigenvalue weighted by atomic mass is 32.1. The minimum absolute atomic E-state index is 0.0790. The van der Waals surface area contributed by atoms with Crippen LogP contribution in [0, 0.1) is 10.9 Å². The molecule has 0 radical (unpaired) electrons. The second-order valence-corrected chi connectivity index (χ2v) is 6.45. The van der Waals surface area contributed by atoms with Crippen molar-refractivity contribution in [2.24, 2.45) is 7.05 Å². The molecule has 1 amide bonds. The number of hydrogen-bond donors (Lipinski definition) is 2. The van der Waals surface area contributed by atoms with E-state index in [9.17, 15) is 4.79 Å². The molecule has 2 N–H and O–H groups in total. The molecule has 114 valence electrons. The fourth-order valence-corrected chi connectivity index (χ4v) is 3.20. The minimum Gasteiger partial charge on any atom is -0.384 e. The van der Waals surface area contributed by atoms with Crippen molar-refractivity contribution in [3.8, 4) is 0 Å². The van der Waals surface area contributed by atoms with Crippen LogP contribution in [-0.4, -0.2) is 34.4 Å². The van der Waals surface area contributed by atoms with Crippen molar-refractivity contribution >= 4 is 35.3 Å². The largest absolute Gasteiger partial charge is 0.384 e. The Morgan fingerprint density at radius 1 is 1.62 bits per heavy atom. The van der Waals surface area contributed by atoms with E-state index in [1.807, 2.05) is 13.0 Å². The van der Waals surface area contributed by atoms with Gasteiger partial charge >= 0.3 is 0 Å². The Bertz CT molecular complexity index is 687. The van der Waals surface area contributed by atoms with Crippen LogP contribution in [0.4, 0.5) is 5.82 Å². The molecule has 0 spiro atoms. The number of nitrogens with one attached hydrogen (secondary N) is 2. The molecule has 0 atom stereocenters. The molecule has 2 heterocycles. The maximum absolute atomic E-state index is 12.1. The summed E-state index contributed by atoms with van der Waals surface area (Å²) in [6.45, 7) is 2.53. The standard InChI is InChI=1S/C13H18N4O2S2/c1-8-10(21-13(20)14-8)7-12(18)15-11-6-9(4-5-19-3)16-17(11)2/h6H,4-5,7H2,1-3H3,(H,14,20)(H,15,18). The maximum Gasteiger partial charge on any atom is 0.230 e. The van der Waals surface area contributed by atoms with Gasteiger partial charge in [0.2, 0.25) is 5.91 Å². The van der Waals surface area contributed by atoms with Crippen LogP contribution >= 0.6 is 23.6 Å². The number of thiazole rings is 1. The zero-order valence-electron chi connectivity index (χ0n) is 12.2. The Balaban J connectivity index is 2.01. The van der Waals surface area contributed by atoms with Gasteiger partial charge < -0.3 is 15.0 Å². The third kappa shape index (κ3) is 4.23. The second kappa shape index (κ2) is 6.97. The molecule has 0 aromatic carbocycles. The molecule has 0 aliphatic rings. The summed E-state index contributed by atoms with van der Waals surface area (Å²) in [4.78, 5) is 16.1. The van der Waals surface area contributed by atoms with Gasteiger partial charge in [-0.15, -0.1) is 11.3 Å². The SMILES string of the molecule is COCCc1cc(NC(=O)Cc2sc(=S)[nH]c2C)n(C)n1. The highest BCUT2D eigenvalue weighted by Gasteiger charge is 2.12. The lowest BCUT2D eigenvalue weighted by Gasteiger charge is -2.04. The Morgan fingerprint density at radius 3 is 3.00 bits per heavy atom. The number of aryl methyl sites for hydroxylation is 2. The lowest BCUT2D eigenvalue weighted by molar-refractivity contribution is -0.115. The summed E-state index contributed by atoms with van der Waals surface area (Å²) in [5.74, 6) is 0.604. The first kappa shape index (κ1) is 15.9. The molecule has 21 heavy (non-hydrogen) atoms. The van der Waals surface area contributed by atoms with Crippen molar-refractivity contribution in [3.63, 3.8) is 0 Å². The summed E-state index contributed by atoms with van der Waals surface area (Å²) in [6, 6.07) is 1.86. The van der Waals surface area contributed by atoms with Crippen LogP contribution in [0.2, 0.25) is 0 Å². The number of aromatic amines is 1. The molecule has 0 aliphatic heterocycles. The van der Waals surface area contributed by atoms with E-state index in [2.05, 4.69) is 15.4 Å². The number of nitrogens with zero attached hydrogens (tertiary/aromatic N) is 2. The molecule has 0 aliphatic carbocycles. The van der Waals surface area contributed by atoms with E-state index in [4.69, 9.17) is 17.0 Å². The predicted octanol–water partition coefficient (Wildman–Crippen LogP) is 2.22. The summed E-state index contributed by atoms with van der Waals surface area (Å²) < 4.78 is 7.38. The number of H-pyrrole nitrogens is 1. The zero-order chi connectivity index (χ0) is 15.4. The first-order valence-electron chi connectivity index (χ1n) is 6.50. The highest BCUT2D eigenvalue weighted by Crippen LogP contribution is 2.16. The predicted molar refractivity (Wildman–Crippen MR) is 85.4 cm³/mol. The third-order valence-electron chi connectivity index (χ3n) is 3.01. The van der Waals surface area contributed by atoms with E-state index >= 15 is 0 Å². The number of aromatic nitrogens is 3. The molecule has 8 heteroatoms. The van der Waals surface area contributed by atoms with Crippen molar-refractivity contribution in [1.82, 2.24) is 14.8 Å². The van der Waals surface area contributed by atoms with Gasteiger partial charge in [-0.2, -0.15) is 5.10 Å². The maximum atomic E-state index is 12.1. The minimum atomic E-state index is -0.0790. The number of methoxy groups -OCH3 is 1. The van der Waals surface area contributed by atoms with E-state index < -0.39 is 0 Å². The molecule has 2 aromatic heterocycles. The van der Waals surface area contributed by atoms with Crippen molar-refractivity contribution in [2.75, 3.05) is 19.0 Å². The molecular weight excluding hydrogens is 308 g/mol. The van der Waals surface area contributed by atoms with Gasteiger partial charge in [0.1, 0.15) is 5.82 Å². The molecule has 2 rings (SSSR count).